The topological polar surface area (TPSA) is 105 Å². The summed E-state index contributed by atoms with van der Waals surface area (Å²) in [5.41, 5.74) is 4.91. The molecule has 6 rings (SSSR count). The highest BCUT2D eigenvalue weighted by Gasteiger charge is 2.49. The van der Waals surface area contributed by atoms with Gasteiger partial charge in [-0.1, -0.05) is 109 Å². The summed E-state index contributed by atoms with van der Waals surface area (Å²) < 4.78 is 30.0. The van der Waals surface area contributed by atoms with E-state index in [4.69, 9.17) is 28.0 Å². The van der Waals surface area contributed by atoms with E-state index in [1.165, 1.54) is 12.1 Å². The molecule has 1 fully saturated rings. The lowest BCUT2D eigenvalue weighted by molar-refractivity contribution is -0.138. The van der Waals surface area contributed by atoms with Gasteiger partial charge in [0, 0.05) is 27.7 Å². The molecule has 46 heavy (non-hydrogen) atoms. The molecule has 0 saturated heterocycles. The maximum Gasteiger partial charge on any atom is 0.255 e. The standard InChI is InChI=1S/C35H33Cl2N3O5S/c36-24-19-20-28(29(37)21-24)33-32(34(41)38-45-22-23-11-3-1-4-12-23)26-15-7-8-16-27(26)35(42)40(33)31-18-10-9-17-30(31)39-46(43,44)25-13-5-2-6-14-25/h1-8,11-16,19-21,30-33,39H,9-10,17-18,22H2,(H,38,41)/t30-,31?,32+,33-/m0/s1. The molecule has 2 N–H and O–H groups in total. The summed E-state index contributed by atoms with van der Waals surface area (Å²) in [6.45, 7) is 0.141. The van der Waals surface area contributed by atoms with Crippen LogP contribution < -0.4 is 10.2 Å². The minimum absolute atomic E-state index is 0.139. The lowest BCUT2D eigenvalue weighted by Gasteiger charge is -2.49. The van der Waals surface area contributed by atoms with E-state index < -0.39 is 40.0 Å². The number of fused-ring (bicyclic) bond motifs is 1. The number of benzene rings is 4. The zero-order valence-corrected chi connectivity index (χ0v) is 27.1. The van der Waals surface area contributed by atoms with Crippen LogP contribution in [0.4, 0.5) is 0 Å². The van der Waals surface area contributed by atoms with Crippen molar-refractivity contribution >= 4 is 45.0 Å². The summed E-state index contributed by atoms with van der Waals surface area (Å²) in [4.78, 5) is 36.2. The third kappa shape index (κ3) is 6.70. The number of carbonyl (C=O) groups is 2. The van der Waals surface area contributed by atoms with Gasteiger partial charge in [0.25, 0.3) is 11.8 Å². The molecule has 1 unspecified atom stereocenters. The van der Waals surface area contributed by atoms with Crippen LogP contribution in [0.5, 0.6) is 0 Å². The Balaban J connectivity index is 1.42. The van der Waals surface area contributed by atoms with E-state index in [9.17, 15) is 18.0 Å². The van der Waals surface area contributed by atoms with Crippen LogP contribution in [0.15, 0.2) is 108 Å². The minimum atomic E-state index is -3.90. The molecule has 4 aromatic carbocycles. The average molecular weight is 679 g/mol. The second-order valence-electron chi connectivity index (χ2n) is 11.5. The Morgan fingerprint density at radius 1 is 0.848 bits per heavy atom. The number of hydroxylamine groups is 1. The van der Waals surface area contributed by atoms with Crippen LogP contribution in [0.25, 0.3) is 0 Å². The average Bonchev–Trinajstić information content (AvgIpc) is 3.06. The molecule has 238 valence electrons. The maximum absolute atomic E-state index is 14.5. The van der Waals surface area contributed by atoms with E-state index in [0.29, 0.717) is 34.6 Å². The first-order valence-electron chi connectivity index (χ1n) is 15.1. The highest BCUT2D eigenvalue weighted by atomic mass is 35.5. The van der Waals surface area contributed by atoms with Gasteiger partial charge in [0.05, 0.1) is 23.5 Å². The van der Waals surface area contributed by atoms with Crippen LogP contribution in [-0.4, -0.2) is 37.2 Å². The Morgan fingerprint density at radius 3 is 2.26 bits per heavy atom. The molecule has 2 amide bonds. The van der Waals surface area contributed by atoms with Crippen molar-refractivity contribution in [3.8, 4) is 0 Å². The van der Waals surface area contributed by atoms with Gasteiger partial charge in [-0.15, -0.1) is 0 Å². The van der Waals surface area contributed by atoms with Gasteiger partial charge in [-0.05, 0) is 59.9 Å². The molecule has 2 aliphatic rings. The zero-order chi connectivity index (χ0) is 32.3. The van der Waals surface area contributed by atoms with E-state index in [-0.39, 0.29) is 22.4 Å². The number of nitrogens with one attached hydrogen (secondary N) is 2. The summed E-state index contributed by atoms with van der Waals surface area (Å²) in [7, 11) is -3.90. The molecule has 1 saturated carbocycles. The van der Waals surface area contributed by atoms with Gasteiger partial charge in [-0.3, -0.25) is 14.4 Å². The SMILES string of the molecule is O=C(NOCc1ccccc1)[C@@H]1c2ccccc2C(=O)N(C2CCCC[C@@H]2NS(=O)(=O)c2ccccc2)[C@H]1c1ccc(Cl)cc1Cl. The van der Waals surface area contributed by atoms with Crippen molar-refractivity contribution < 1.29 is 22.8 Å². The van der Waals surface area contributed by atoms with Crippen LogP contribution in [0, 0.1) is 0 Å². The number of sulfonamides is 1. The number of rotatable bonds is 9. The van der Waals surface area contributed by atoms with Crippen molar-refractivity contribution in [1.29, 1.82) is 0 Å². The lowest BCUT2D eigenvalue weighted by Crippen LogP contribution is -2.59. The molecule has 0 aromatic heterocycles. The van der Waals surface area contributed by atoms with Gasteiger partial charge in [0.2, 0.25) is 10.0 Å². The van der Waals surface area contributed by atoms with Gasteiger partial charge >= 0.3 is 0 Å². The van der Waals surface area contributed by atoms with Crippen molar-refractivity contribution in [3.63, 3.8) is 0 Å². The van der Waals surface area contributed by atoms with Crippen LogP contribution in [0.3, 0.4) is 0 Å². The molecule has 0 radical (unpaired) electrons. The first kappa shape index (κ1) is 32.2. The monoisotopic (exact) mass is 677 g/mol. The molecule has 1 aliphatic carbocycles. The fourth-order valence-electron chi connectivity index (χ4n) is 6.55. The van der Waals surface area contributed by atoms with Crippen LogP contribution in [0.1, 0.15) is 64.7 Å². The number of hydrogen-bond donors (Lipinski definition) is 2. The van der Waals surface area contributed by atoms with Crippen LogP contribution in [-0.2, 0) is 26.3 Å². The summed E-state index contributed by atoms with van der Waals surface area (Å²) in [6.07, 6.45) is 2.59. The lowest BCUT2D eigenvalue weighted by atomic mass is 9.76. The third-order valence-corrected chi connectivity index (χ3v) is 10.7. The zero-order valence-electron chi connectivity index (χ0n) is 24.8. The van der Waals surface area contributed by atoms with E-state index in [0.717, 1.165) is 18.4 Å². The molecule has 0 bridgehead atoms. The predicted octanol–water partition coefficient (Wildman–Crippen LogP) is 6.81. The smallest absolute Gasteiger partial charge is 0.255 e. The molecule has 1 heterocycles. The van der Waals surface area contributed by atoms with E-state index in [1.807, 2.05) is 30.3 Å². The van der Waals surface area contributed by atoms with E-state index in [1.54, 1.807) is 65.6 Å². The third-order valence-electron chi connectivity index (χ3n) is 8.64. The summed E-state index contributed by atoms with van der Waals surface area (Å²) in [5.74, 6) is -1.71. The van der Waals surface area contributed by atoms with Gasteiger partial charge in [0.1, 0.15) is 0 Å². The summed E-state index contributed by atoms with van der Waals surface area (Å²) in [5, 5.41) is 0.691. The highest BCUT2D eigenvalue weighted by molar-refractivity contribution is 7.89. The first-order valence-corrected chi connectivity index (χ1v) is 17.4. The van der Waals surface area contributed by atoms with Crippen molar-refractivity contribution in [2.24, 2.45) is 0 Å². The molecular formula is C35H33Cl2N3O5S. The second kappa shape index (κ2) is 13.9. The Bertz CT molecular complexity index is 1820. The van der Waals surface area contributed by atoms with Gasteiger partial charge in [-0.2, -0.15) is 0 Å². The van der Waals surface area contributed by atoms with Crippen LogP contribution >= 0.6 is 23.2 Å². The number of carbonyl (C=O) groups excluding carboxylic acids is 2. The fraction of sp³-hybridized carbons (Fsp3) is 0.257. The maximum atomic E-state index is 14.5. The van der Waals surface area contributed by atoms with E-state index in [2.05, 4.69) is 10.2 Å². The Kier molecular flexibility index (Phi) is 9.77. The van der Waals surface area contributed by atoms with E-state index >= 15 is 0 Å². The van der Waals surface area contributed by atoms with Gasteiger partial charge < -0.3 is 4.90 Å². The number of halogens is 2. The first-order chi connectivity index (χ1) is 22.2. The Labute approximate surface area is 278 Å². The predicted molar refractivity (Wildman–Crippen MR) is 177 cm³/mol. The molecular weight excluding hydrogens is 645 g/mol. The minimum Gasteiger partial charge on any atom is -0.326 e. The van der Waals surface area contributed by atoms with Gasteiger partial charge in [0.15, 0.2) is 0 Å². The summed E-state index contributed by atoms with van der Waals surface area (Å²) in [6, 6.07) is 27.5. The van der Waals surface area contributed by atoms with Crippen LogP contribution in [0.2, 0.25) is 10.0 Å². The van der Waals surface area contributed by atoms with Crippen molar-refractivity contribution in [3.05, 3.63) is 135 Å². The summed E-state index contributed by atoms with van der Waals surface area (Å²) >= 11 is 13.1. The van der Waals surface area contributed by atoms with Crippen molar-refractivity contribution in [1.82, 2.24) is 15.1 Å². The molecule has 4 aromatic rings. The second-order valence-corrected chi connectivity index (χ2v) is 14.1. The quantitative estimate of drug-likeness (QED) is 0.189. The fourth-order valence-corrected chi connectivity index (χ4v) is 8.39. The largest absolute Gasteiger partial charge is 0.326 e. The normalized spacial score (nSPS) is 21.4. The molecule has 8 nitrogen and oxygen atoms in total. The highest BCUT2D eigenvalue weighted by Crippen LogP contribution is 2.48. The molecule has 1 aliphatic heterocycles. The number of hydrogen-bond acceptors (Lipinski definition) is 5. The molecule has 0 spiro atoms. The van der Waals surface area contributed by atoms with Crippen molar-refractivity contribution in [2.45, 2.75) is 61.2 Å². The number of nitrogens with zero attached hydrogens (tertiary/aromatic N) is 1. The van der Waals surface area contributed by atoms with Gasteiger partial charge in [-0.25, -0.2) is 18.6 Å². The number of amides is 2. The molecule has 11 heteroatoms. The Hall–Kier alpha value is -3.73. The van der Waals surface area contributed by atoms with Crippen molar-refractivity contribution in [2.75, 3.05) is 0 Å². The molecule has 4 atom stereocenters. The Morgan fingerprint density at radius 2 is 1.52 bits per heavy atom.